The van der Waals surface area contributed by atoms with Gasteiger partial charge in [0, 0.05) is 19.3 Å². The molecule has 0 saturated heterocycles. The zero-order valence-electron chi connectivity index (χ0n) is 46.3. The predicted octanol–water partition coefficient (Wildman–Crippen LogP) is 20.2. The fourth-order valence-electron chi connectivity index (χ4n) is 8.34. The van der Waals surface area contributed by atoms with Crippen LogP contribution < -0.4 is 0 Å². The summed E-state index contributed by atoms with van der Waals surface area (Å²) in [7, 11) is 0. The summed E-state index contributed by atoms with van der Waals surface area (Å²) in [6.07, 6.45) is 74.7. The van der Waals surface area contributed by atoms with E-state index >= 15 is 0 Å². The summed E-state index contributed by atoms with van der Waals surface area (Å²) in [5.41, 5.74) is 0. The van der Waals surface area contributed by atoms with E-state index in [1.807, 2.05) is 0 Å². The van der Waals surface area contributed by atoms with Gasteiger partial charge in [0.2, 0.25) is 0 Å². The van der Waals surface area contributed by atoms with Crippen molar-refractivity contribution in [3.8, 4) is 0 Å². The second-order valence-electron chi connectivity index (χ2n) is 19.9. The molecule has 0 aliphatic carbocycles. The highest BCUT2D eigenvalue weighted by Gasteiger charge is 2.19. The average molecular weight is 978 g/mol. The van der Waals surface area contributed by atoms with Crippen LogP contribution >= 0.6 is 0 Å². The molecule has 0 radical (unpaired) electrons. The maximum Gasteiger partial charge on any atom is 0.306 e. The van der Waals surface area contributed by atoms with Crippen molar-refractivity contribution in [1.29, 1.82) is 0 Å². The molecule has 0 spiro atoms. The number of carbonyl (C=O) groups is 3. The third-order valence-corrected chi connectivity index (χ3v) is 12.9. The molecule has 0 aromatic rings. The zero-order valence-corrected chi connectivity index (χ0v) is 46.3. The minimum Gasteiger partial charge on any atom is -0.462 e. The molecule has 0 heterocycles. The first-order valence-corrected chi connectivity index (χ1v) is 29.9. The summed E-state index contributed by atoms with van der Waals surface area (Å²) < 4.78 is 16.8. The molecule has 0 rings (SSSR count). The molecule has 1 unspecified atom stereocenters. The molecular formula is C64H112O6. The van der Waals surface area contributed by atoms with Crippen molar-refractivity contribution < 1.29 is 28.6 Å². The molecule has 0 saturated carbocycles. The Morgan fingerprint density at radius 1 is 0.286 bits per heavy atom. The van der Waals surface area contributed by atoms with Crippen LogP contribution in [0.3, 0.4) is 0 Å². The van der Waals surface area contributed by atoms with Crippen LogP contribution in [-0.2, 0) is 28.6 Å². The SMILES string of the molecule is CCCC/C=C\CCCCCCCC(=O)OCC(COC(=O)CCCCCCCCCCCC/C=C\C/C=C\C/C=C\CCCCCCC)OC(=O)CCCCCCC/C=C\C/C=C\CCCCCC. The normalized spacial score (nSPS) is 12.6. The summed E-state index contributed by atoms with van der Waals surface area (Å²) in [5.74, 6) is -0.905. The first-order chi connectivity index (χ1) is 34.5. The van der Waals surface area contributed by atoms with Gasteiger partial charge in [-0.1, -0.05) is 241 Å². The Bertz CT molecular complexity index is 1310. The second kappa shape index (κ2) is 58.4. The van der Waals surface area contributed by atoms with Crippen molar-refractivity contribution in [3.63, 3.8) is 0 Å². The number of carbonyl (C=O) groups excluding carboxylic acids is 3. The number of allylic oxidation sites excluding steroid dienone is 12. The molecule has 0 fully saturated rings. The van der Waals surface area contributed by atoms with E-state index in [0.717, 1.165) is 103 Å². The molecule has 0 aliphatic heterocycles. The van der Waals surface area contributed by atoms with Crippen LogP contribution in [0.1, 0.15) is 297 Å². The molecule has 0 aromatic carbocycles. The molecule has 0 N–H and O–H groups in total. The first-order valence-electron chi connectivity index (χ1n) is 29.9. The van der Waals surface area contributed by atoms with Crippen molar-refractivity contribution in [3.05, 3.63) is 72.9 Å². The van der Waals surface area contributed by atoms with Crippen molar-refractivity contribution in [1.82, 2.24) is 0 Å². The Kier molecular flexibility index (Phi) is 55.8. The molecule has 0 amide bonds. The number of rotatable bonds is 54. The number of esters is 3. The van der Waals surface area contributed by atoms with E-state index in [9.17, 15) is 14.4 Å². The van der Waals surface area contributed by atoms with Gasteiger partial charge in [-0.05, 0) is 109 Å². The van der Waals surface area contributed by atoms with E-state index in [1.54, 1.807) is 0 Å². The van der Waals surface area contributed by atoms with E-state index in [-0.39, 0.29) is 31.1 Å². The fraction of sp³-hybridized carbons (Fsp3) is 0.766. The minimum absolute atomic E-state index is 0.0852. The summed E-state index contributed by atoms with van der Waals surface area (Å²) >= 11 is 0. The van der Waals surface area contributed by atoms with E-state index in [1.165, 1.54) is 154 Å². The summed E-state index contributed by atoms with van der Waals surface area (Å²) in [6, 6.07) is 0. The molecule has 0 aliphatic rings. The van der Waals surface area contributed by atoms with E-state index in [4.69, 9.17) is 14.2 Å². The zero-order chi connectivity index (χ0) is 50.7. The lowest BCUT2D eigenvalue weighted by Crippen LogP contribution is -2.30. The Morgan fingerprint density at radius 2 is 0.529 bits per heavy atom. The Balaban J connectivity index is 4.29. The van der Waals surface area contributed by atoms with E-state index in [2.05, 4.69) is 93.7 Å². The number of hydrogen-bond acceptors (Lipinski definition) is 6. The molecule has 70 heavy (non-hydrogen) atoms. The van der Waals surface area contributed by atoms with Crippen molar-refractivity contribution in [2.75, 3.05) is 13.2 Å². The molecule has 0 bridgehead atoms. The van der Waals surface area contributed by atoms with Crippen molar-refractivity contribution >= 4 is 17.9 Å². The largest absolute Gasteiger partial charge is 0.462 e. The smallest absolute Gasteiger partial charge is 0.306 e. The standard InChI is InChI=1S/C64H112O6/c1-4-7-10-13-16-19-22-24-26-28-29-30-31-32-33-34-35-36-38-39-42-45-48-51-54-57-63(66)69-60-61(59-68-62(65)56-53-50-47-44-41-21-18-15-12-9-6-3)70-64(67)58-55-52-49-46-43-40-37-27-25-23-20-17-14-11-8-5-2/h15,18,20,22-24,27-29,31-32,37,61H,4-14,16-17,19,21,25-26,30,33-36,38-60H2,1-3H3/b18-15-,23-20-,24-22-,29-28-,32-31-,37-27-. The Morgan fingerprint density at radius 3 is 0.871 bits per heavy atom. The van der Waals surface area contributed by atoms with Crippen LogP contribution in [0.4, 0.5) is 0 Å². The summed E-state index contributed by atoms with van der Waals surface area (Å²) in [6.45, 7) is 6.57. The van der Waals surface area contributed by atoms with Crippen LogP contribution in [0, 0.1) is 0 Å². The number of unbranched alkanes of at least 4 members (excludes halogenated alkanes) is 31. The van der Waals surface area contributed by atoms with E-state index in [0.29, 0.717) is 19.3 Å². The minimum atomic E-state index is -0.788. The fourth-order valence-corrected chi connectivity index (χ4v) is 8.34. The van der Waals surface area contributed by atoms with Crippen LogP contribution in [0.15, 0.2) is 72.9 Å². The van der Waals surface area contributed by atoms with Crippen molar-refractivity contribution in [2.24, 2.45) is 0 Å². The summed E-state index contributed by atoms with van der Waals surface area (Å²) in [5, 5.41) is 0. The van der Waals surface area contributed by atoms with Gasteiger partial charge in [0.1, 0.15) is 13.2 Å². The van der Waals surface area contributed by atoms with Gasteiger partial charge in [-0.3, -0.25) is 14.4 Å². The maximum absolute atomic E-state index is 12.8. The van der Waals surface area contributed by atoms with E-state index < -0.39 is 6.10 Å². The predicted molar refractivity (Wildman–Crippen MR) is 302 cm³/mol. The highest BCUT2D eigenvalue weighted by molar-refractivity contribution is 5.71. The maximum atomic E-state index is 12.8. The van der Waals surface area contributed by atoms with Gasteiger partial charge in [0.25, 0.3) is 0 Å². The summed E-state index contributed by atoms with van der Waals surface area (Å²) in [4.78, 5) is 38.1. The third-order valence-electron chi connectivity index (χ3n) is 12.9. The Hall–Kier alpha value is -3.15. The number of ether oxygens (including phenoxy) is 3. The van der Waals surface area contributed by atoms with Crippen LogP contribution in [0.5, 0.6) is 0 Å². The van der Waals surface area contributed by atoms with Gasteiger partial charge in [0.15, 0.2) is 6.10 Å². The van der Waals surface area contributed by atoms with Crippen LogP contribution in [0.2, 0.25) is 0 Å². The highest BCUT2D eigenvalue weighted by Crippen LogP contribution is 2.15. The topological polar surface area (TPSA) is 78.9 Å². The Labute approximate surface area is 433 Å². The molecule has 1 atom stereocenters. The lowest BCUT2D eigenvalue weighted by molar-refractivity contribution is -0.167. The van der Waals surface area contributed by atoms with Gasteiger partial charge in [-0.25, -0.2) is 0 Å². The quantitative estimate of drug-likeness (QED) is 0.0261. The lowest BCUT2D eigenvalue weighted by Gasteiger charge is -2.18. The molecule has 6 nitrogen and oxygen atoms in total. The lowest BCUT2D eigenvalue weighted by atomic mass is 10.1. The van der Waals surface area contributed by atoms with Gasteiger partial charge < -0.3 is 14.2 Å². The molecule has 404 valence electrons. The van der Waals surface area contributed by atoms with Gasteiger partial charge in [-0.2, -0.15) is 0 Å². The van der Waals surface area contributed by atoms with Gasteiger partial charge in [0.05, 0.1) is 0 Å². The average Bonchev–Trinajstić information content (AvgIpc) is 3.36. The van der Waals surface area contributed by atoms with Gasteiger partial charge >= 0.3 is 17.9 Å². The van der Waals surface area contributed by atoms with Crippen LogP contribution in [-0.4, -0.2) is 37.2 Å². The highest BCUT2D eigenvalue weighted by atomic mass is 16.6. The second-order valence-corrected chi connectivity index (χ2v) is 19.9. The monoisotopic (exact) mass is 977 g/mol. The van der Waals surface area contributed by atoms with Crippen molar-refractivity contribution in [2.45, 2.75) is 303 Å². The molecule has 0 aromatic heterocycles. The van der Waals surface area contributed by atoms with Gasteiger partial charge in [-0.15, -0.1) is 0 Å². The molecular weight excluding hydrogens is 865 g/mol. The number of hydrogen-bond donors (Lipinski definition) is 0. The third kappa shape index (κ3) is 55.8. The molecule has 6 heteroatoms. The first kappa shape index (κ1) is 66.9. The van der Waals surface area contributed by atoms with Crippen LogP contribution in [0.25, 0.3) is 0 Å².